The lowest BCUT2D eigenvalue weighted by atomic mass is 10.1. The number of aryl methyl sites for hydroxylation is 1. The zero-order chi connectivity index (χ0) is 21.1. The van der Waals surface area contributed by atoms with E-state index in [2.05, 4.69) is 20.8 Å². The van der Waals surface area contributed by atoms with Gasteiger partial charge in [-0.1, -0.05) is 6.07 Å². The van der Waals surface area contributed by atoms with E-state index in [-0.39, 0.29) is 29.8 Å². The molecule has 0 atom stereocenters. The van der Waals surface area contributed by atoms with Crippen LogP contribution in [-0.4, -0.2) is 46.7 Å². The second-order valence-corrected chi connectivity index (χ2v) is 7.43. The summed E-state index contributed by atoms with van der Waals surface area (Å²) in [6.07, 6.45) is 2.89. The van der Waals surface area contributed by atoms with Crippen LogP contribution in [0.15, 0.2) is 23.2 Å². The fraction of sp³-hybridized carbons (Fsp3) is 0.550. The summed E-state index contributed by atoms with van der Waals surface area (Å²) in [6, 6.07) is 4.88. The third-order valence-electron chi connectivity index (χ3n) is 4.43. The van der Waals surface area contributed by atoms with Crippen molar-refractivity contribution >= 4 is 41.7 Å². The van der Waals surface area contributed by atoms with E-state index in [1.165, 1.54) is 6.07 Å². The second kappa shape index (κ2) is 14.6. The molecule has 2 rings (SSSR count). The molecule has 0 aliphatic heterocycles. The number of thioether (sulfide) groups is 1. The number of nitrogens with one attached hydrogen (secondary N) is 2. The van der Waals surface area contributed by atoms with Gasteiger partial charge in [0.1, 0.15) is 11.6 Å². The van der Waals surface area contributed by atoms with Crippen LogP contribution >= 0.6 is 35.7 Å². The summed E-state index contributed by atoms with van der Waals surface area (Å²) in [5, 5.41) is 14.9. The number of benzene rings is 1. The van der Waals surface area contributed by atoms with Crippen molar-refractivity contribution in [2.24, 2.45) is 12.0 Å². The molecule has 0 saturated heterocycles. The summed E-state index contributed by atoms with van der Waals surface area (Å²) < 4.78 is 20.9. The number of hydrogen-bond donors (Lipinski definition) is 2. The van der Waals surface area contributed by atoms with Crippen LogP contribution in [0.25, 0.3) is 0 Å². The first-order chi connectivity index (χ1) is 14.0. The molecular weight excluding hydrogens is 518 g/mol. The van der Waals surface area contributed by atoms with Gasteiger partial charge < -0.3 is 19.9 Å². The summed E-state index contributed by atoms with van der Waals surface area (Å²) in [5.41, 5.74) is 1.99. The number of guanidine groups is 1. The molecule has 0 bridgehead atoms. The van der Waals surface area contributed by atoms with Crippen molar-refractivity contribution in [2.75, 3.05) is 26.0 Å². The van der Waals surface area contributed by atoms with Gasteiger partial charge in [0.25, 0.3) is 0 Å². The molecule has 30 heavy (non-hydrogen) atoms. The molecule has 2 N–H and O–H groups in total. The Kier molecular flexibility index (Phi) is 12.9. The fourth-order valence-electron chi connectivity index (χ4n) is 2.67. The quantitative estimate of drug-likeness (QED) is 0.193. The van der Waals surface area contributed by atoms with E-state index >= 15 is 0 Å². The highest BCUT2D eigenvalue weighted by Gasteiger charge is 2.08. The Morgan fingerprint density at radius 3 is 2.73 bits per heavy atom. The first kappa shape index (κ1) is 26.6. The maximum absolute atomic E-state index is 13.6. The van der Waals surface area contributed by atoms with Crippen molar-refractivity contribution in [3.05, 3.63) is 46.8 Å². The van der Waals surface area contributed by atoms with Crippen molar-refractivity contribution in [3.8, 4) is 0 Å². The lowest BCUT2D eigenvalue weighted by Crippen LogP contribution is -2.38. The number of halogens is 2. The van der Waals surface area contributed by atoms with Gasteiger partial charge in [0, 0.05) is 32.6 Å². The Morgan fingerprint density at radius 2 is 2.07 bits per heavy atom. The summed E-state index contributed by atoms with van der Waals surface area (Å²) in [4.78, 5) is 4.70. The van der Waals surface area contributed by atoms with Crippen molar-refractivity contribution in [1.82, 2.24) is 25.4 Å². The Morgan fingerprint density at radius 1 is 1.27 bits per heavy atom. The topological polar surface area (TPSA) is 76.4 Å². The molecule has 0 amide bonds. The van der Waals surface area contributed by atoms with Crippen LogP contribution in [0.5, 0.6) is 0 Å². The minimum absolute atomic E-state index is 0. The molecule has 0 aliphatic carbocycles. The van der Waals surface area contributed by atoms with Gasteiger partial charge in [0.15, 0.2) is 11.8 Å². The molecule has 2 aromatic rings. The molecule has 1 aromatic carbocycles. The van der Waals surface area contributed by atoms with Gasteiger partial charge in [0.2, 0.25) is 0 Å². The zero-order valence-electron chi connectivity index (χ0n) is 18.1. The molecule has 0 saturated carbocycles. The summed E-state index contributed by atoms with van der Waals surface area (Å²) >= 11 is 1.67. The number of rotatable bonds is 11. The second-order valence-electron chi connectivity index (χ2n) is 6.56. The smallest absolute Gasteiger partial charge is 0.191 e. The molecule has 0 radical (unpaired) electrons. The molecule has 0 fully saturated rings. The van der Waals surface area contributed by atoms with Crippen LogP contribution in [-0.2, 0) is 30.6 Å². The van der Waals surface area contributed by atoms with Crippen molar-refractivity contribution in [1.29, 1.82) is 0 Å². The summed E-state index contributed by atoms with van der Waals surface area (Å²) in [6.45, 7) is 7.04. The molecule has 10 heteroatoms. The highest BCUT2D eigenvalue weighted by molar-refractivity contribution is 14.0. The summed E-state index contributed by atoms with van der Waals surface area (Å²) in [7, 11) is 1.94. The van der Waals surface area contributed by atoms with Gasteiger partial charge >= 0.3 is 0 Å². The minimum atomic E-state index is -0.216. The van der Waals surface area contributed by atoms with E-state index in [0.717, 1.165) is 41.5 Å². The van der Waals surface area contributed by atoms with E-state index in [9.17, 15) is 4.39 Å². The first-order valence-corrected chi connectivity index (χ1v) is 11.2. The van der Waals surface area contributed by atoms with Gasteiger partial charge in [-0.2, -0.15) is 11.8 Å². The maximum atomic E-state index is 13.6. The highest BCUT2D eigenvalue weighted by atomic mass is 127. The van der Waals surface area contributed by atoms with Gasteiger partial charge in [-0.05, 0) is 49.8 Å². The Labute approximate surface area is 199 Å². The Balaban J connectivity index is 0.00000450. The predicted octanol–water partition coefficient (Wildman–Crippen LogP) is 3.41. The minimum Gasteiger partial charge on any atom is -0.382 e. The number of ether oxygens (including phenoxy) is 1. The van der Waals surface area contributed by atoms with Crippen molar-refractivity contribution in [3.63, 3.8) is 0 Å². The summed E-state index contributed by atoms with van der Waals surface area (Å²) in [5.74, 6) is 2.91. The SMILES string of the molecule is CCOCCCNC(=NCc1ccc(F)cc1CSC)NCc1nnc(C)n1C.I. The fourth-order valence-corrected chi connectivity index (χ4v) is 3.25. The average molecular weight is 550 g/mol. The number of aliphatic imine (C=N–C) groups is 1. The van der Waals surface area contributed by atoms with E-state index in [1.807, 2.05) is 37.8 Å². The van der Waals surface area contributed by atoms with E-state index < -0.39 is 0 Å². The molecule has 1 aromatic heterocycles. The van der Waals surface area contributed by atoms with Gasteiger partial charge in [-0.15, -0.1) is 34.2 Å². The predicted molar refractivity (Wildman–Crippen MR) is 132 cm³/mol. The normalized spacial score (nSPS) is 11.3. The number of hydrogen-bond acceptors (Lipinski definition) is 5. The third kappa shape index (κ3) is 8.76. The Hall–Kier alpha value is -1.40. The molecule has 0 unspecified atom stereocenters. The highest BCUT2D eigenvalue weighted by Crippen LogP contribution is 2.17. The molecule has 168 valence electrons. The van der Waals surface area contributed by atoms with Crippen LogP contribution in [0.1, 0.15) is 36.1 Å². The van der Waals surface area contributed by atoms with E-state index in [0.29, 0.717) is 32.3 Å². The lowest BCUT2D eigenvalue weighted by molar-refractivity contribution is 0.145. The average Bonchev–Trinajstić information content (AvgIpc) is 3.02. The molecule has 7 nitrogen and oxygen atoms in total. The van der Waals surface area contributed by atoms with E-state index in [1.54, 1.807) is 17.8 Å². The number of nitrogens with zero attached hydrogens (tertiary/aromatic N) is 4. The Bertz CT molecular complexity index is 802. The van der Waals surface area contributed by atoms with Crippen LogP contribution in [0, 0.1) is 12.7 Å². The zero-order valence-corrected chi connectivity index (χ0v) is 21.2. The van der Waals surface area contributed by atoms with Crippen LogP contribution in [0.4, 0.5) is 4.39 Å². The van der Waals surface area contributed by atoms with Crippen molar-refractivity contribution in [2.45, 2.75) is 39.1 Å². The largest absolute Gasteiger partial charge is 0.382 e. The van der Waals surface area contributed by atoms with Crippen LogP contribution in [0.2, 0.25) is 0 Å². The van der Waals surface area contributed by atoms with Gasteiger partial charge in [-0.3, -0.25) is 0 Å². The standard InChI is InChI=1S/C20H31FN6OS.HI/c1-5-28-10-6-9-22-20(24-13-19-26-25-15(2)27(19)3)23-12-16-7-8-18(21)11-17(16)14-29-4;/h7-8,11H,5-6,9-10,12-14H2,1-4H3,(H2,22,23,24);1H. The van der Waals surface area contributed by atoms with Crippen LogP contribution in [0.3, 0.4) is 0 Å². The molecule has 0 spiro atoms. The third-order valence-corrected chi connectivity index (χ3v) is 5.03. The monoisotopic (exact) mass is 550 g/mol. The molecular formula is C20H32FIN6OS. The molecule has 0 aliphatic rings. The van der Waals surface area contributed by atoms with Gasteiger partial charge in [-0.25, -0.2) is 9.38 Å². The first-order valence-electron chi connectivity index (χ1n) is 9.76. The lowest BCUT2D eigenvalue weighted by Gasteiger charge is -2.13. The maximum Gasteiger partial charge on any atom is 0.191 e. The van der Waals surface area contributed by atoms with Gasteiger partial charge in [0.05, 0.1) is 13.1 Å². The molecule has 1 heterocycles. The van der Waals surface area contributed by atoms with Crippen LogP contribution < -0.4 is 10.6 Å². The van der Waals surface area contributed by atoms with E-state index in [4.69, 9.17) is 9.73 Å². The van der Waals surface area contributed by atoms with Crippen molar-refractivity contribution < 1.29 is 9.13 Å². The number of aromatic nitrogens is 3.